The van der Waals surface area contributed by atoms with Crippen molar-refractivity contribution in [2.45, 2.75) is 46.2 Å². The Morgan fingerprint density at radius 2 is 1.82 bits per heavy atom. The van der Waals surface area contributed by atoms with Crippen LogP contribution in [-0.4, -0.2) is 32.5 Å². The Hall–Kier alpha value is -0.290. The standard InChI is InChI=1S/C12H24F3NO/c1-4-7-16-9-11(2,3)10-17-8-5-6-12(13,14)15/h16H,4-10H2,1-3H3. The molecule has 0 saturated heterocycles. The summed E-state index contributed by atoms with van der Waals surface area (Å²) < 4.78 is 40.9. The van der Waals surface area contributed by atoms with E-state index in [1.54, 1.807) is 0 Å². The molecule has 0 atom stereocenters. The van der Waals surface area contributed by atoms with Gasteiger partial charge in [-0.15, -0.1) is 0 Å². The molecule has 1 N–H and O–H groups in total. The minimum atomic E-state index is -4.07. The molecule has 104 valence electrons. The maximum Gasteiger partial charge on any atom is 0.389 e. The molecule has 17 heavy (non-hydrogen) atoms. The molecule has 0 aliphatic heterocycles. The normalized spacial score (nSPS) is 13.1. The Morgan fingerprint density at radius 3 is 2.35 bits per heavy atom. The first-order valence-corrected chi connectivity index (χ1v) is 6.12. The molecule has 0 radical (unpaired) electrons. The second-order valence-electron chi connectivity index (χ2n) is 5.11. The Bertz CT molecular complexity index is 193. The van der Waals surface area contributed by atoms with Crippen LogP contribution in [0.5, 0.6) is 0 Å². The van der Waals surface area contributed by atoms with Gasteiger partial charge in [-0.25, -0.2) is 0 Å². The zero-order valence-electron chi connectivity index (χ0n) is 11.0. The minimum absolute atomic E-state index is 0.0343. The maximum atomic E-state index is 11.9. The molecule has 0 amide bonds. The minimum Gasteiger partial charge on any atom is -0.381 e. The van der Waals surface area contributed by atoms with Gasteiger partial charge in [0.2, 0.25) is 0 Å². The van der Waals surface area contributed by atoms with E-state index in [1.165, 1.54) is 0 Å². The van der Waals surface area contributed by atoms with Crippen molar-refractivity contribution in [3.8, 4) is 0 Å². The van der Waals surface area contributed by atoms with Gasteiger partial charge in [0.25, 0.3) is 0 Å². The Labute approximate surface area is 102 Å². The van der Waals surface area contributed by atoms with Crippen LogP contribution in [0.15, 0.2) is 0 Å². The molecule has 0 rings (SSSR count). The maximum absolute atomic E-state index is 11.9. The van der Waals surface area contributed by atoms with Crippen molar-refractivity contribution >= 4 is 0 Å². The van der Waals surface area contributed by atoms with Gasteiger partial charge in [0.05, 0.1) is 6.61 Å². The highest BCUT2D eigenvalue weighted by Crippen LogP contribution is 2.21. The van der Waals surface area contributed by atoms with Crippen LogP contribution in [-0.2, 0) is 4.74 Å². The zero-order valence-corrected chi connectivity index (χ0v) is 11.0. The van der Waals surface area contributed by atoms with Gasteiger partial charge in [-0.1, -0.05) is 20.8 Å². The summed E-state index contributed by atoms with van der Waals surface area (Å²) in [5.41, 5.74) is -0.0343. The molecule has 0 spiro atoms. The average molecular weight is 255 g/mol. The van der Waals surface area contributed by atoms with Crippen LogP contribution in [0.3, 0.4) is 0 Å². The lowest BCUT2D eigenvalue weighted by molar-refractivity contribution is -0.138. The predicted octanol–water partition coefficient (Wildman–Crippen LogP) is 3.37. The van der Waals surface area contributed by atoms with Gasteiger partial charge in [0.1, 0.15) is 0 Å². The summed E-state index contributed by atoms with van der Waals surface area (Å²) in [6.07, 6.45) is -3.71. The Balaban J connectivity index is 3.51. The van der Waals surface area contributed by atoms with Crippen LogP contribution in [0, 0.1) is 5.41 Å². The van der Waals surface area contributed by atoms with Crippen LogP contribution >= 0.6 is 0 Å². The highest BCUT2D eigenvalue weighted by Gasteiger charge is 2.26. The Morgan fingerprint density at radius 1 is 1.18 bits per heavy atom. The van der Waals surface area contributed by atoms with E-state index in [4.69, 9.17) is 4.74 Å². The second-order valence-corrected chi connectivity index (χ2v) is 5.11. The summed E-state index contributed by atoms with van der Waals surface area (Å²) in [6.45, 7) is 8.61. The highest BCUT2D eigenvalue weighted by molar-refractivity contribution is 4.70. The third-order valence-corrected chi connectivity index (χ3v) is 2.27. The largest absolute Gasteiger partial charge is 0.389 e. The molecule has 0 aromatic carbocycles. The van der Waals surface area contributed by atoms with Crippen molar-refractivity contribution in [1.29, 1.82) is 0 Å². The molecular weight excluding hydrogens is 231 g/mol. The summed E-state index contributed by atoms with van der Waals surface area (Å²) in [4.78, 5) is 0. The molecule has 0 saturated carbocycles. The van der Waals surface area contributed by atoms with Crippen LogP contribution in [0.2, 0.25) is 0 Å². The average Bonchev–Trinajstić information content (AvgIpc) is 2.15. The van der Waals surface area contributed by atoms with Gasteiger partial charge >= 0.3 is 6.18 Å². The molecule has 0 unspecified atom stereocenters. The first-order chi connectivity index (χ1) is 7.77. The molecule has 0 fully saturated rings. The van der Waals surface area contributed by atoms with Crippen molar-refractivity contribution in [3.05, 3.63) is 0 Å². The van der Waals surface area contributed by atoms with E-state index in [9.17, 15) is 13.2 Å². The molecule has 0 aliphatic carbocycles. The van der Waals surface area contributed by atoms with Crippen LogP contribution < -0.4 is 5.32 Å². The third kappa shape index (κ3) is 12.0. The molecule has 0 aliphatic rings. The molecular formula is C12H24F3NO. The van der Waals surface area contributed by atoms with E-state index in [0.29, 0.717) is 6.61 Å². The number of alkyl halides is 3. The number of hydrogen-bond acceptors (Lipinski definition) is 2. The molecule has 0 heterocycles. The van der Waals surface area contributed by atoms with E-state index in [0.717, 1.165) is 19.5 Å². The number of hydrogen-bond donors (Lipinski definition) is 1. The quantitative estimate of drug-likeness (QED) is 0.638. The van der Waals surface area contributed by atoms with E-state index in [-0.39, 0.29) is 18.4 Å². The lowest BCUT2D eigenvalue weighted by atomic mass is 9.95. The summed E-state index contributed by atoms with van der Waals surface area (Å²) in [6, 6.07) is 0. The molecule has 0 bridgehead atoms. The fourth-order valence-corrected chi connectivity index (χ4v) is 1.38. The van der Waals surface area contributed by atoms with Gasteiger partial charge in [-0.05, 0) is 19.4 Å². The van der Waals surface area contributed by atoms with Crippen molar-refractivity contribution in [2.75, 3.05) is 26.3 Å². The lowest BCUT2D eigenvalue weighted by Crippen LogP contribution is -2.33. The first-order valence-electron chi connectivity index (χ1n) is 6.12. The Kier molecular flexibility index (Phi) is 7.79. The van der Waals surface area contributed by atoms with Gasteiger partial charge in [0, 0.05) is 25.0 Å². The van der Waals surface area contributed by atoms with Crippen LogP contribution in [0.1, 0.15) is 40.0 Å². The summed E-state index contributed by atoms with van der Waals surface area (Å²) >= 11 is 0. The topological polar surface area (TPSA) is 21.3 Å². The van der Waals surface area contributed by atoms with E-state index in [2.05, 4.69) is 12.2 Å². The molecule has 5 heteroatoms. The fraction of sp³-hybridized carbons (Fsp3) is 1.00. The molecule has 2 nitrogen and oxygen atoms in total. The lowest BCUT2D eigenvalue weighted by Gasteiger charge is -2.24. The zero-order chi connectivity index (χ0) is 13.4. The van der Waals surface area contributed by atoms with E-state index >= 15 is 0 Å². The van der Waals surface area contributed by atoms with Gasteiger partial charge in [-0.2, -0.15) is 13.2 Å². The van der Waals surface area contributed by atoms with E-state index in [1.807, 2.05) is 13.8 Å². The summed E-state index contributed by atoms with van der Waals surface area (Å²) in [5.74, 6) is 0. The fourth-order valence-electron chi connectivity index (χ4n) is 1.38. The third-order valence-electron chi connectivity index (χ3n) is 2.27. The monoisotopic (exact) mass is 255 g/mol. The molecule has 0 aromatic heterocycles. The molecule has 0 aromatic rings. The smallest absolute Gasteiger partial charge is 0.381 e. The van der Waals surface area contributed by atoms with Crippen LogP contribution in [0.4, 0.5) is 13.2 Å². The second kappa shape index (κ2) is 7.93. The number of nitrogens with one attached hydrogen (secondary N) is 1. The number of halogens is 3. The van der Waals surface area contributed by atoms with Crippen molar-refractivity contribution in [1.82, 2.24) is 5.32 Å². The van der Waals surface area contributed by atoms with Gasteiger partial charge in [0.15, 0.2) is 0 Å². The van der Waals surface area contributed by atoms with Gasteiger partial charge < -0.3 is 10.1 Å². The highest BCUT2D eigenvalue weighted by atomic mass is 19.4. The SMILES string of the molecule is CCCNCC(C)(C)COCCCC(F)(F)F. The predicted molar refractivity (Wildman–Crippen MR) is 63.0 cm³/mol. The summed E-state index contributed by atoms with van der Waals surface area (Å²) in [7, 11) is 0. The number of ether oxygens (including phenoxy) is 1. The van der Waals surface area contributed by atoms with E-state index < -0.39 is 12.6 Å². The van der Waals surface area contributed by atoms with Gasteiger partial charge in [-0.3, -0.25) is 0 Å². The van der Waals surface area contributed by atoms with Crippen LogP contribution in [0.25, 0.3) is 0 Å². The van der Waals surface area contributed by atoms with Crippen molar-refractivity contribution < 1.29 is 17.9 Å². The van der Waals surface area contributed by atoms with Crippen molar-refractivity contribution in [2.24, 2.45) is 5.41 Å². The first kappa shape index (κ1) is 16.7. The van der Waals surface area contributed by atoms with Crippen molar-refractivity contribution in [3.63, 3.8) is 0 Å². The number of rotatable bonds is 9. The summed E-state index contributed by atoms with van der Waals surface area (Å²) in [5, 5.41) is 3.28.